The number of ether oxygens (including phenoxy) is 2. The van der Waals surface area contributed by atoms with E-state index in [1.807, 2.05) is 54.6 Å². The third-order valence-corrected chi connectivity index (χ3v) is 5.84. The number of hydrazone groups is 1. The quantitative estimate of drug-likeness (QED) is 0.350. The van der Waals surface area contributed by atoms with Crippen molar-refractivity contribution in [3.05, 3.63) is 108 Å². The van der Waals surface area contributed by atoms with E-state index < -0.39 is 18.5 Å². The van der Waals surface area contributed by atoms with Crippen molar-refractivity contribution in [2.75, 3.05) is 13.7 Å². The summed E-state index contributed by atoms with van der Waals surface area (Å²) < 4.78 is 17.8. The molecule has 0 radical (unpaired) electrons. The van der Waals surface area contributed by atoms with Crippen LogP contribution in [0.25, 0.3) is 0 Å². The van der Waals surface area contributed by atoms with Crippen LogP contribution in [0.4, 0.5) is 0 Å². The molecule has 2 aromatic carbocycles. The molecular formula is C27H24N4O5. The summed E-state index contributed by atoms with van der Waals surface area (Å²) in [5.74, 6) is 0.138. The number of esters is 1. The first-order valence-electron chi connectivity index (χ1n) is 11.4. The highest BCUT2D eigenvalue weighted by molar-refractivity contribution is 6.03. The lowest BCUT2D eigenvalue weighted by Gasteiger charge is -2.22. The van der Waals surface area contributed by atoms with Gasteiger partial charge in [0.05, 0.1) is 25.4 Å². The standard InChI is InChI=1S/C27H24N4O5/c1-34-21-10-8-20(9-11-21)24-16-23(19-6-3-2-4-7-19)29-31(24)26(32)18-35-27(33)25-13-12-22(36-25)17-30-15-5-14-28-30/h2-15,24H,16-18H2,1H3. The number of methoxy groups -OCH3 is 1. The van der Waals surface area contributed by atoms with E-state index in [1.165, 1.54) is 11.1 Å². The number of rotatable bonds is 8. The van der Waals surface area contributed by atoms with Gasteiger partial charge in [0.2, 0.25) is 5.76 Å². The lowest BCUT2D eigenvalue weighted by atomic mass is 9.98. The van der Waals surface area contributed by atoms with Crippen molar-refractivity contribution in [2.45, 2.75) is 19.0 Å². The highest BCUT2D eigenvalue weighted by atomic mass is 16.5. The summed E-state index contributed by atoms with van der Waals surface area (Å²) in [7, 11) is 1.60. The van der Waals surface area contributed by atoms with E-state index in [1.54, 1.807) is 36.3 Å². The van der Waals surface area contributed by atoms with Crippen LogP contribution in [0.5, 0.6) is 5.75 Å². The number of aromatic nitrogens is 2. The molecule has 9 nitrogen and oxygen atoms in total. The van der Waals surface area contributed by atoms with Crippen LogP contribution in [0.1, 0.15) is 39.9 Å². The Bertz CT molecular complexity index is 1360. The monoisotopic (exact) mass is 484 g/mol. The maximum Gasteiger partial charge on any atom is 0.374 e. The third-order valence-electron chi connectivity index (χ3n) is 5.84. The van der Waals surface area contributed by atoms with Crippen LogP contribution in [0, 0.1) is 0 Å². The largest absolute Gasteiger partial charge is 0.497 e. The Morgan fingerprint density at radius 2 is 1.83 bits per heavy atom. The lowest BCUT2D eigenvalue weighted by Crippen LogP contribution is -2.31. The molecule has 4 aromatic rings. The molecule has 1 unspecified atom stereocenters. The Kier molecular flexibility index (Phi) is 6.61. The molecule has 0 saturated heterocycles. The number of hydrogen-bond donors (Lipinski definition) is 0. The van der Waals surface area contributed by atoms with Crippen LogP contribution in [0.2, 0.25) is 0 Å². The van der Waals surface area contributed by atoms with Gasteiger partial charge >= 0.3 is 5.97 Å². The number of benzene rings is 2. The van der Waals surface area contributed by atoms with Gasteiger partial charge in [-0.2, -0.15) is 10.2 Å². The molecule has 1 atom stereocenters. The van der Waals surface area contributed by atoms with Crippen molar-refractivity contribution < 1.29 is 23.5 Å². The van der Waals surface area contributed by atoms with Crippen molar-refractivity contribution in [1.29, 1.82) is 0 Å². The molecule has 0 spiro atoms. The zero-order valence-corrected chi connectivity index (χ0v) is 19.6. The van der Waals surface area contributed by atoms with E-state index in [2.05, 4.69) is 10.2 Å². The van der Waals surface area contributed by atoms with Gasteiger partial charge in [-0.1, -0.05) is 42.5 Å². The zero-order chi connectivity index (χ0) is 24.9. The number of carbonyl (C=O) groups is 2. The molecular weight excluding hydrogens is 460 g/mol. The molecule has 182 valence electrons. The second kappa shape index (κ2) is 10.3. The van der Waals surface area contributed by atoms with Crippen molar-refractivity contribution in [2.24, 2.45) is 5.10 Å². The summed E-state index contributed by atoms with van der Waals surface area (Å²) in [4.78, 5) is 25.7. The molecule has 5 rings (SSSR count). The zero-order valence-electron chi connectivity index (χ0n) is 19.6. The van der Waals surface area contributed by atoms with Gasteiger partial charge in [-0.15, -0.1) is 0 Å². The molecule has 0 fully saturated rings. The minimum absolute atomic E-state index is 0.0200. The first-order chi connectivity index (χ1) is 17.6. The lowest BCUT2D eigenvalue weighted by molar-refractivity contribution is -0.136. The molecule has 1 aliphatic heterocycles. The average Bonchev–Trinajstić information content (AvgIpc) is 3.69. The number of furan rings is 1. The minimum atomic E-state index is -0.720. The minimum Gasteiger partial charge on any atom is -0.497 e. The summed E-state index contributed by atoms with van der Waals surface area (Å²) in [5.41, 5.74) is 2.62. The van der Waals surface area contributed by atoms with Gasteiger partial charge in [0.1, 0.15) is 11.5 Å². The fourth-order valence-corrected chi connectivity index (χ4v) is 4.02. The molecule has 0 bridgehead atoms. The van der Waals surface area contributed by atoms with E-state index in [-0.39, 0.29) is 11.8 Å². The highest BCUT2D eigenvalue weighted by Crippen LogP contribution is 2.33. The Labute approximate surface area is 207 Å². The van der Waals surface area contributed by atoms with Crippen molar-refractivity contribution in [1.82, 2.24) is 14.8 Å². The maximum absolute atomic E-state index is 13.2. The Balaban J connectivity index is 1.29. The molecule has 0 aliphatic carbocycles. The number of carbonyl (C=O) groups excluding carboxylic acids is 2. The summed E-state index contributed by atoms with van der Waals surface area (Å²) >= 11 is 0. The van der Waals surface area contributed by atoms with Crippen LogP contribution in [-0.4, -0.2) is 46.1 Å². The van der Waals surface area contributed by atoms with Crippen LogP contribution in [0.3, 0.4) is 0 Å². The molecule has 3 heterocycles. The Hall–Kier alpha value is -4.66. The van der Waals surface area contributed by atoms with E-state index in [9.17, 15) is 9.59 Å². The van der Waals surface area contributed by atoms with Gasteiger partial charge in [0.25, 0.3) is 5.91 Å². The van der Waals surface area contributed by atoms with E-state index in [0.29, 0.717) is 18.7 Å². The van der Waals surface area contributed by atoms with Gasteiger partial charge in [-0.25, -0.2) is 9.80 Å². The molecule has 36 heavy (non-hydrogen) atoms. The van der Waals surface area contributed by atoms with Crippen LogP contribution < -0.4 is 4.74 Å². The second-order valence-corrected chi connectivity index (χ2v) is 8.19. The van der Waals surface area contributed by atoms with Crippen molar-refractivity contribution >= 4 is 17.6 Å². The number of hydrogen-bond acceptors (Lipinski definition) is 7. The second-order valence-electron chi connectivity index (χ2n) is 8.19. The Morgan fingerprint density at radius 1 is 1.03 bits per heavy atom. The smallest absolute Gasteiger partial charge is 0.374 e. The van der Waals surface area contributed by atoms with Gasteiger partial charge < -0.3 is 13.9 Å². The summed E-state index contributed by atoms with van der Waals surface area (Å²) in [5, 5.41) is 10.1. The number of amides is 1. The van der Waals surface area contributed by atoms with Gasteiger partial charge in [0, 0.05) is 18.8 Å². The van der Waals surface area contributed by atoms with Crippen LogP contribution >= 0.6 is 0 Å². The van der Waals surface area contributed by atoms with Crippen LogP contribution in [0.15, 0.2) is 94.7 Å². The number of nitrogens with zero attached hydrogens (tertiary/aromatic N) is 4. The van der Waals surface area contributed by atoms with Gasteiger partial charge in [-0.3, -0.25) is 9.48 Å². The van der Waals surface area contributed by atoms with E-state index in [4.69, 9.17) is 13.9 Å². The summed E-state index contributed by atoms with van der Waals surface area (Å²) in [6.45, 7) is -0.0836. The fourth-order valence-electron chi connectivity index (χ4n) is 4.02. The molecule has 9 heteroatoms. The average molecular weight is 485 g/mol. The molecule has 0 N–H and O–H groups in total. The summed E-state index contributed by atoms with van der Waals surface area (Å²) in [6.07, 6.45) is 3.98. The third kappa shape index (κ3) is 5.05. The van der Waals surface area contributed by atoms with Gasteiger partial charge in [-0.05, 0) is 41.5 Å². The fraction of sp³-hybridized carbons (Fsp3) is 0.185. The first-order valence-corrected chi connectivity index (χ1v) is 11.4. The molecule has 0 saturated carbocycles. The predicted molar refractivity (Wildman–Crippen MR) is 130 cm³/mol. The SMILES string of the molecule is COc1ccc(C2CC(c3ccccc3)=NN2C(=O)COC(=O)c2ccc(Cn3cccn3)o2)cc1. The van der Waals surface area contributed by atoms with Crippen molar-refractivity contribution in [3.8, 4) is 5.75 Å². The van der Waals surface area contributed by atoms with E-state index in [0.717, 1.165) is 22.6 Å². The normalized spacial score (nSPS) is 15.0. The van der Waals surface area contributed by atoms with Crippen molar-refractivity contribution in [3.63, 3.8) is 0 Å². The molecule has 2 aromatic heterocycles. The maximum atomic E-state index is 13.2. The predicted octanol–water partition coefficient (Wildman–Crippen LogP) is 4.07. The summed E-state index contributed by atoms with van der Waals surface area (Å²) in [6, 6.07) is 21.9. The topological polar surface area (TPSA) is 99.2 Å². The van der Waals surface area contributed by atoms with E-state index >= 15 is 0 Å². The highest BCUT2D eigenvalue weighted by Gasteiger charge is 2.33. The van der Waals surface area contributed by atoms with Crippen LogP contribution in [-0.2, 0) is 16.1 Å². The molecule has 1 amide bonds. The van der Waals surface area contributed by atoms with Gasteiger partial charge in [0.15, 0.2) is 6.61 Å². The molecule has 1 aliphatic rings. The first kappa shape index (κ1) is 23.1. The Morgan fingerprint density at radius 3 is 2.56 bits per heavy atom.